The van der Waals surface area contributed by atoms with Gasteiger partial charge in [0.05, 0.1) is 0 Å². The Bertz CT molecular complexity index is 193. The molecule has 0 unspecified atom stereocenters. The van der Waals surface area contributed by atoms with Crippen molar-refractivity contribution in [3.8, 4) is 0 Å². The Hall–Kier alpha value is -0.280. The minimum Gasteiger partial charge on any atom is -0.344 e. The molecule has 4 heteroatoms. The third-order valence-electron chi connectivity index (χ3n) is 3.36. The summed E-state index contributed by atoms with van der Waals surface area (Å²) in [5, 5.41) is 3.06. The standard InChI is InChI=1S/C12H24N2O.ClH/c1-13-9-10-14(2)12(15)8-7-11-5-3-4-6-11;/h11,13H,3-10H2,1-2H3;1H. The monoisotopic (exact) mass is 248 g/mol. The number of rotatable bonds is 6. The number of carbonyl (C=O) groups is 1. The molecule has 0 aromatic carbocycles. The molecular formula is C12H25ClN2O. The maximum absolute atomic E-state index is 11.7. The number of hydrogen-bond donors (Lipinski definition) is 1. The molecule has 0 aromatic rings. The van der Waals surface area contributed by atoms with Crippen molar-refractivity contribution in [2.75, 3.05) is 27.2 Å². The van der Waals surface area contributed by atoms with E-state index in [4.69, 9.17) is 0 Å². The lowest BCUT2D eigenvalue weighted by molar-refractivity contribution is -0.130. The van der Waals surface area contributed by atoms with E-state index in [1.807, 2.05) is 19.0 Å². The smallest absolute Gasteiger partial charge is 0.222 e. The molecule has 1 amide bonds. The van der Waals surface area contributed by atoms with E-state index in [2.05, 4.69) is 5.32 Å². The predicted octanol–water partition coefficient (Wildman–Crippen LogP) is 2.06. The van der Waals surface area contributed by atoms with Gasteiger partial charge >= 0.3 is 0 Å². The highest BCUT2D eigenvalue weighted by molar-refractivity contribution is 5.85. The van der Waals surface area contributed by atoms with Crippen LogP contribution in [0.1, 0.15) is 38.5 Å². The zero-order chi connectivity index (χ0) is 11.1. The summed E-state index contributed by atoms with van der Waals surface area (Å²) < 4.78 is 0. The van der Waals surface area contributed by atoms with Crippen molar-refractivity contribution in [2.24, 2.45) is 5.92 Å². The molecule has 16 heavy (non-hydrogen) atoms. The highest BCUT2D eigenvalue weighted by Gasteiger charge is 2.17. The number of carbonyl (C=O) groups excluding carboxylic acids is 1. The summed E-state index contributed by atoms with van der Waals surface area (Å²) in [4.78, 5) is 13.5. The number of amides is 1. The third-order valence-corrected chi connectivity index (χ3v) is 3.36. The topological polar surface area (TPSA) is 32.3 Å². The second-order valence-electron chi connectivity index (χ2n) is 4.61. The van der Waals surface area contributed by atoms with Crippen molar-refractivity contribution in [3.63, 3.8) is 0 Å². The van der Waals surface area contributed by atoms with E-state index in [1.165, 1.54) is 25.7 Å². The van der Waals surface area contributed by atoms with Gasteiger partial charge in [0.2, 0.25) is 5.91 Å². The Labute approximate surface area is 105 Å². The van der Waals surface area contributed by atoms with E-state index < -0.39 is 0 Å². The lowest BCUT2D eigenvalue weighted by Crippen LogP contribution is -2.32. The fraction of sp³-hybridized carbons (Fsp3) is 0.917. The molecule has 0 saturated heterocycles. The zero-order valence-corrected chi connectivity index (χ0v) is 11.3. The minimum atomic E-state index is 0. The molecule has 1 N–H and O–H groups in total. The summed E-state index contributed by atoms with van der Waals surface area (Å²) in [5.41, 5.74) is 0. The van der Waals surface area contributed by atoms with Crippen molar-refractivity contribution in [1.29, 1.82) is 0 Å². The van der Waals surface area contributed by atoms with Crippen LogP contribution in [0.15, 0.2) is 0 Å². The summed E-state index contributed by atoms with van der Waals surface area (Å²) in [7, 11) is 3.81. The lowest BCUT2D eigenvalue weighted by Gasteiger charge is -2.17. The van der Waals surface area contributed by atoms with Crippen LogP contribution in [0.25, 0.3) is 0 Å². The Kier molecular flexibility index (Phi) is 8.67. The fourth-order valence-corrected chi connectivity index (χ4v) is 2.22. The molecule has 96 valence electrons. The molecule has 0 aromatic heterocycles. The molecule has 1 aliphatic carbocycles. The number of nitrogens with one attached hydrogen (secondary N) is 1. The van der Waals surface area contributed by atoms with Crippen LogP contribution in [-0.2, 0) is 4.79 Å². The van der Waals surface area contributed by atoms with E-state index in [1.54, 1.807) is 0 Å². The van der Waals surface area contributed by atoms with Crippen LogP contribution < -0.4 is 5.32 Å². The van der Waals surface area contributed by atoms with Crippen molar-refractivity contribution in [3.05, 3.63) is 0 Å². The van der Waals surface area contributed by atoms with Crippen LogP contribution in [0.2, 0.25) is 0 Å². The normalized spacial score (nSPS) is 15.9. The zero-order valence-electron chi connectivity index (χ0n) is 10.5. The van der Waals surface area contributed by atoms with E-state index in [0.29, 0.717) is 5.91 Å². The van der Waals surface area contributed by atoms with Crippen molar-refractivity contribution < 1.29 is 4.79 Å². The van der Waals surface area contributed by atoms with Crippen molar-refractivity contribution >= 4 is 18.3 Å². The highest BCUT2D eigenvalue weighted by Crippen LogP contribution is 2.28. The first-order valence-corrected chi connectivity index (χ1v) is 6.12. The highest BCUT2D eigenvalue weighted by atomic mass is 35.5. The van der Waals surface area contributed by atoms with Gasteiger partial charge in [0, 0.05) is 26.6 Å². The van der Waals surface area contributed by atoms with Crippen molar-refractivity contribution in [1.82, 2.24) is 10.2 Å². The van der Waals surface area contributed by atoms with Gasteiger partial charge in [0.1, 0.15) is 0 Å². The fourth-order valence-electron chi connectivity index (χ4n) is 2.22. The van der Waals surface area contributed by atoms with Gasteiger partial charge in [-0.05, 0) is 19.4 Å². The third kappa shape index (κ3) is 5.71. The van der Waals surface area contributed by atoms with Crippen LogP contribution >= 0.6 is 12.4 Å². The second kappa shape index (κ2) is 8.82. The van der Waals surface area contributed by atoms with E-state index >= 15 is 0 Å². The van der Waals surface area contributed by atoms with Crippen LogP contribution in [0, 0.1) is 5.92 Å². The minimum absolute atomic E-state index is 0. The van der Waals surface area contributed by atoms with Crippen LogP contribution in [0.5, 0.6) is 0 Å². The van der Waals surface area contributed by atoms with Gasteiger partial charge in [0.25, 0.3) is 0 Å². The predicted molar refractivity (Wildman–Crippen MR) is 70.0 cm³/mol. The van der Waals surface area contributed by atoms with Crippen LogP contribution in [-0.4, -0.2) is 38.0 Å². The molecule has 1 fully saturated rings. The second-order valence-corrected chi connectivity index (χ2v) is 4.61. The van der Waals surface area contributed by atoms with E-state index in [9.17, 15) is 4.79 Å². The van der Waals surface area contributed by atoms with Gasteiger partial charge in [-0.15, -0.1) is 12.4 Å². The maximum atomic E-state index is 11.7. The molecule has 0 radical (unpaired) electrons. The number of hydrogen-bond acceptors (Lipinski definition) is 2. The van der Waals surface area contributed by atoms with E-state index in [-0.39, 0.29) is 12.4 Å². The summed E-state index contributed by atoms with van der Waals surface area (Å²) in [6.45, 7) is 1.70. The van der Waals surface area contributed by atoms with Gasteiger partial charge < -0.3 is 10.2 Å². The lowest BCUT2D eigenvalue weighted by atomic mass is 10.0. The Morgan fingerprint density at radius 1 is 1.38 bits per heavy atom. The summed E-state index contributed by atoms with van der Waals surface area (Å²) >= 11 is 0. The first-order valence-electron chi connectivity index (χ1n) is 6.12. The number of nitrogens with zero attached hydrogens (tertiary/aromatic N) is 1. The molecule has 1 rings (SSSR count). The Balaban J connectivity index is 0.00000225. The molecule has 3 nitrogen and oxygen atoms in total. The molecule has 0 atom stereocenters. The summed E-state index contributed by atoms with van der Waals surface area (Å²) in [6, 6.07) is 0. The Morgan fingerprint density at radius 3 is 2.56 bits per heavy atom. The van der Waals surface area contributed by atoms with Gasteiger partial charge in [-0.3, -0.25) is 4.79 Å². The molecular weight excluding hydrogens is 224 g/mol. The first-order chi connectivity index (χ1) is 7.24. The van der Waals surface area contributed by atoms with Crippen LogP contribution in [0.4, 0.5) is 0 Å². The van der Waals surface area contributed by atoms with Crippen molar-refractivity contribution in [2.45, 2.75) is 38.5 Å². The quantitative estimate of drug-likeness (QED) is 0.781. The number of halogens is 1. The largest absolute Gasteiger partial charge is 0.344 e. The first kappa shape index (κ1) is 15.7. The maximum Gasteiger partial charge on any atom is 0.222 e. The molecule has 0 bridgehead atoms. The van der Waals surface area contributed by atoms with Gasteiger partial charge in [-0.25, -0.2) is 0 Å². The molecule has 1 saturated carbocycles. The average molecular weight is 249 g/mol. The summed E-state index contributed by atoms with van der Waals surface area (Å²) in [6.07, 6.45) is 7.26. The average Bonchev–Trinajstić information content (AvgIpc) is 2.75. The molecule has 0 aliphatic heterocycles. The molecule has 1 aliphatic rings. The van der Waals surface area contributed by atoms with Gasteiger partial charge in [-0.2, -0.15) is 0 Å². The van der Waals surface area contributed by atoms with Crippen LogP contribution in [0.3, 0.4) is 0 Å². The SMILES string of the molecule is CNCCN(C)C(=O)CCC1CCCC1.Cl. The molecule has 0 spiro atoms. The summed E-state index contributed by atoms with van der Waals surface area (Å²) in [5.74, 6) is 1.13. The number of likely N-dealkylation sites (N-methyl/N-ethyl adjacent to an activating group) is 2. The molecule has 0 heterocycles. The van der Waals surface area contributed by atoms with Gasteiger partial charge in [0.15, 0.2) is 0 Å². The van der Waals surface area contributed by atoms with Gasteiger partial charge in [-0.1, -0.05) is 25.7 Å². The Morgan fingerprint density at radius 2 is 2.00 bits per heavy atom. The van der Waals surface area contributed by atoms with E-state index in [0.717, 1.165) is 31.8 Å².